The van der Waals surface area contributed by atoms with Crippen LogP contribution in [0.25, 0.3) is 0 Å². The van der Waals surface area contributed by atoms with Gasteiger partial charge in [0.05, 0.1) is 12.3 Å². The van der Waals surface area contributed by atoms with Crippen LogP contribution in [-0.2, 0) is 18.4 Å². The van der Waals surface area contributed by atoms with Crippen molar-refractivity contribution in [2.45, 2.75) is 13.5 Å². The molecule has 0 atom stereocenters. The number of carbonyl (C=O) groups is 1. The Kier molecular flexibility index (Phi) is 3.97. The second kappa shape index (κ2) is 5.67. The number of aromatic nitrogens is 2. The van der Waals surface area contributed by atoms with Crippen LogP contribution in [0.3, 0.4) is 0 Å². The molecule has 1 N–H and O–H groups in total. The standard InChI is InChI=1S/C14H17N3O2/c1-10-7-13(17(2)16-10)15-14(18)12-6-4-5-11(8-12)9-19-3/h4-8H,9H2,1-3H3,(H,15,18). The Bertz CT molecular complexity index is 590. The number of amides is 1. The number of hydrogen-bond donors (Lipinski definition) is 1. The molecule has 5 nitrogen and oxygen atoms in total. The average molecular weight is 259 g/mol. The third-order valence-electron chi connectivity index (χ3n) is 2.74. The normalized spacial score (nSPS) is 10.5. The fraction of sp³-hybridized carbons (Fsp3) is 0.286. The molecule has 1 heterocycles. The molecule has 0 unspecified atom stereocenters. The smallest absolute Gasteiger partial charge is 0.256 e. The zero-order chi connectivity index (χ0) is 13.8. The number of aryl methyl sites for hydroxylation is 2. The van der Waals surface area contributed by atoms with Crippen molar-refractivity contribution in [1.29, 1.82) is 0 Å². The minimum atomic E-state index is -0.152. The summed E-state index contributed by atoms with van der Waals surface area (Å²) in [5.41, 5.74) is 2.44. The SMILES string of the molecule is COCc1cccc(C(=O)Nc2cc(C)nn2C)c1. The second-order valence-electron chi connectivity index (χ2n) is 4.38. The summed E-state index contributed by atoms with van der Waals surface area (Å²) in [5.74, 6) is 0.528. The first kappa shape index (κ1) is 13.3. The lowest BCUT2D eigenvalue weighted by molar-refractivity contribution is 0.102. The van der Waals surface area contributed by atoms with Crippen LogP contribution in [0.5, 0.6) is 0 Å². The zero-order valence-corrected chi connectivity index (χ0v) is 11.3. The summed E-state index contributed by atoms with van der Waals surface area (Å²) >= 11 is 0. The number of nitrogens with one attached hydrogen (secondary N) is 1. The van der Waals surface area contributed by atoms with Crippen LogP contribution in [0.15, 0.2) is 30.3 Å². The Morgan fingerprint density at radius 2 is 2.21 bits per heavy atom. The first-order valence-electron chi connectivity index (χ1n) is 6.00. The molecule has 0 saturated heterocycles. The van der Waals surface area contributed by atoms with Gasteiger partial charge >= 0.3 is 0 Å². The Morgan fingerprint density at radius 1 is 1.42 bits per heavy atom. The molecule has 1 amide bonds. The Labute approximate surface area is 112 Å². The van der Waals surface area contributed by atoms with Crippen molar-refractivity contribution in [2.24, 2.45) is 7.05 Å². The van der Waals surface area contributed by atoms with E-state index < -0.39 is 0 Å². The minimum absolute atomic E-state index is 0.152. The third kappa shape index (κ3) is 3.20. The number of hydrogen-bond acceptors (Lipinski definition) is 3. The van der Waals surface area contributed by atoms with E-state index in [9.17, 15) is 4.79 Å². The van der Waals surface area contributed by atoms with E-state index in [1.54, 1.807) is 24.9 Å². The molecule has 0 bridgehead atoms. The Morgan fingerprint density at radius 3 is 2.84 bits per heavy atom. The lowest BCUT2D eigenvalue weighted by Gasteiger charge is -2.06. The van der Waals surface area contributed by atoms with Crippen LogP contribution in [0.2, 0.25) is 0 Å². The predicted molar refractivity (Wildman–Crippen MR) is 73.1 cm³/mol. The highest BCUT2D eigenvalue weighted by atomic mass is 16.5. The first-order chi connectivity index (χ1) is 9.10. The van der Waals surface area contributed by atoms with E-state index in [1.165, 1.54) is 0 Å². The van der Waals surface area contributed by atoms with E-state index in [4.69, 9.17) is 4.74 Å². The average Bonchev–Trinajstić information content (AvgIpc) is 2.68. The molecule has 0 spiro atoms. The molecule has 19 heavy (non-hydrogen) atoms. The summed E-state index contributed by atoms with van der Waals surface area (Å²) in [7, 11) is 3.43. The molecule has 5 heteroatoms. The van der Waals surface area contributed by atoms with Crippen LogP contribution in [0.1, 0.15) is 21.6 Å². The lowest BCUT2D eigenvalue weighted by atomic mass is 10.1. The maximum Gasteiger partial charge on any atom is 0.256 e. The molecule has 2 rings (SSSR count). The highest BCUT2D eigenvalue weighted by molar-refractivity contribution is 6.03. The van der Waals surface area contributed by atoms with Crippen molar-refractivity contribution in [3.05, 3.63) is 47.2 Å². The van der Waals surface area contributed by atoms with Crippen LogP contribution >= 0.6 is 0 Å². The van der Waals surface area contributed by atoms with Crippen molar-refractivity contribution >= 4 is 11.7 Å². The summed E-state index contributed by atoms with van der Waals surface area (Å²) in [6, 6.07) is 9.20. The van der Waals surface area contributed by atoms with E-state index >= 15 is 0 Å². The van der Waals surface area contributed by atoms with E-state index in [0.717, 1.165) is 11.3 Å². The van der Waals surface area contributed by atoms with Gasteiger partial charge in [0.1, 0.15) is 5.82 Å². The monoisotopic (exact) mass is 259 g/mol. The molecule has 0 aliphatic heterocycles. The predicted octanol–water partition coefficient (Wildman–Crippen LogP) is 2.13. The van der Waals surface area contributed by atoms with Crippen molar-refractivity contribution in [3.63, 3.8) is 0 Å². The molecular formula is C14H17N3O2. The third-order valence-corrected chi connectivity index (χ3v) is 2.74. The Hall–Kier alpha value is -2.14. The van der Waals surface area contributed by atoms with Gasteiger partial charge in [0.2, 0.25) is 0 Å². The largest absolute Gasteiger partial charge is 0.380 e. The fourth-order valence-corrected chi connectivity index (χ4v) is 1.89. The van der Waals surface area contributed by atoms with Gasteiger partial charge in [0.25, 0.3) is 5.91 Å². The maximum atomic E-state index is 12.1. The minimum Gasteiger partial charge on any atom is -0.380 e. The number of methoxy groups -OCH3 is 1. The first-order valence-corrected chi connectivity index (χ1v) is 6.00. The quantitative estimate of drug-likeness (QED) is 0.915. The van der Waals surface area contributed by atoms with Gasteiger partial charge in [-0.1, -0.05) is 12.1 Å². The van der Waals surface area contributed by atoms with Crippen LogP contribution in [0, 0.1) is 6.92 Å². The van der Waals surface area contributed by atoms with Crippen molar-refractivity contribution in [2.75, 3.05) is 12.4 Å². The van der Waals surface area contributed by atoms with E-state index in [1.807, 2.05) is 31.2 Å². The zero-order valence-electron chi connectivity index (χ0n) is 11.3. The summed E-state index contributed by atoms with van der Waals surface area (Å²) in [6.45, 7) is 2.38. The molecule has 0 saturated carbocycles. The molecule has 0 aliphatic rings. The topological polar surface area (TPSA) is 56.1 Å². The summed E-state index contributed by atoms with van der Waals surface area (Å²) in [6.07, 6.45) is 0. The molecule has 0 radical (unpaired) electrons. The maximum absolute atomic E-state index is 12.1. The van der Waals surface area contributed by atoms with Gasteiger partial charge in [-0.25, -0.2) is 0 Å². The molecule has 100 valence electrons. The number of anilines is 1. The highest BCUT2D eigenvalue weighted by Crippen LogP contribution is 2.12. The van der Waals surface area contributed by atoms with E-state index in [0.29, 0.717) is 18.0 Å². The van der Waals surface area contributed by atoms with Crippen LogP contribution in [-0.4, -0.2) is 22.8 Å². The molecule has 0 fully saturated rings. The van der Waals surface area contributed by atoms with Gasteiger partial charge in [-0.2, -0.15) is 5.10 Å². The highest BCUT2D eigenvalue weighted by Gasteiger charge is 2.09. The van der Waals surface area contributed by atoms with Gasteiger partial charge in [-0.15, -0.1) is 0 Å². The van der Waals surface area contributed by atoms with Gasteiger partial charge in [-0.3, -0.25) is 9.48 Å². The van der Waals surface area contributed by atoms with E-state index in [2.05, 4.69) is 10.4 Å². The number of rotatable bonds is 4. The number of carbonyl (C=O) groups excluding carboxylic acids is 1. The number of nitrogens with zero attached hydrogens (tertiary/aromatic N) is 2. The van der Waals surface area contributed by atoms with Crippen LogP contribution < -0.4 is 5.32 Å². The van der Waals surface area contributed by atoms with Gasteiger partial charge < -0.3 is 10.1 Å². The molecule has 1 aromatic carbocycles. The molecule has 0 aliphatic carbocycles. The van der Waals surface area contributed by atoms with Gasteiger partial charge in [-0.05, 0) is 24.6 Å². The molecule has 1 aromatic heterocycles. The van der Waals surface area contributed by atoms with Gasteiger partial charge in [0.15, 0.2) is 0 Å². The summed E-state index contributed by atoms with van der Waals surface area (Å²) in [5, 5.41) is 7.02. The van der Waals surface area contributed by atoms with E-state index in [-0.39, 0.29) is 5.91 Å². The van der Waals surface area contributed by atoms with Crippen molar-refractivity contribution in [1.82, 2.24) is 9.78 Å². The molecular weight excluding hydrogens is 242 g/mol. The number of ether oxygens (including phenoxy) is 1. The Balaban J connectivity index is 2.15. The lowest BCUT2D eigenvalue weighted by Crippen LogP contribution is -2.14. The summed E-state index contributed by atoms with van der Waals surface area (Å²) < 4.78 is 6.70. The fourth-order valence-electron chi connectivity index (χ4n) is 1.89. The summed E-state index contributed by atoms with van der Waals surface area (Å²) in [4.78, 5) is 12.1. The molecule has 2 aromatic rings. The number of benzene rings is 1. The van der Waals surface area contributed by atoms with Crippen molar-refractivity contribution in [3.8, 4) is 0 Å². The van der Waals surface area contributed by atoms with Crippen molar-refractivity contribution < 1.29 is 9.53 Å². The second-order valence-corrected chi connectivity index (χ2v) is 4.38. The van der Waals surface area contributed by atoms with Crippen LogP contribution in [0.4, 0.5) is 5.82 Å². The van der Waals surface area contributed by atoms with Gasteiger partial charge in [0, 0.05) is 25.8 Å².